The lowest BCUT2D eigenvalue weighted by Crippen LogP contribution is -2.39. The molecule has 1 aliphatic carbocycles. The van der Waals surface area contributed by atoms with Gasteiger partial charge in [-0.25, -0.2) is 0 Å². The van der Waals surface area contributed by atoms with Crippen molar-refractivity contribution in [2.24, 2.45) is 52.8 Å². The van der Waals surface area contributed by atoms with Gasteiger partial charge in [0.1, 0.15) is 5.78 Å². The highest BCUT2D eigenvalue weighted by Crippen LogP contribution is 2.52. The predicted octanol–water partition coefficient (Wildman–Crippen LogP) is 10.7. The quantitative estimate of drug-likeness (QED) is 0.319. The fourth-order valence-electron chi connectivity index (χ4n) is 4.68. The first kappa shape index (κ1) is 37.3. The fourth-order valence-corrected chi connectivity index (χ4v) is 4.68. The van der Waals surface area contributed by atoms with Gasteiger partial charge in [-0.1, -0.05) is 129 Å². The molecule has 0 saturated heterocycles. The Kier molecular flexibility index (Phi) is 21.5. The van der Waals surface area contributed by atoms with Crippen LogP contribution < -0.4 is 0 Å². The molecule has 0 heterocycles. The summed E-state index contributed by atoms with van der Waals surface area (Å²) in [5, 5.41) is 0. The maximum atomic E-state index is 10.8. The Morgan fingerprint density at radius 3 is 0.909 bits per heavy atom. The lowest BCUT2D eigenvalue weighted by Gasteiger charge is -2.49. The molecular weight excluding hydrogens is 420 g/mol. The van der Waals surface area contributed by atoms with Gasteiger partial charge in [0.25, 0.3) is 0 Å². The Morgan fingerprint density at radius 1 is 0.606 bits per heavy atom. The van der Waals surface area contributed by atoms with Crippen LogP contribution >= 0.6 is 12.2 Å². The Labute approximate surface area is 216 Å². The summed E-state index contributed by atoms with van der Waals surface area (Å²) in [4.78, 5) is 12.0. The average molecular weight is 485 g/mol. The molecular formula is C31H64OS. The number of Topliss-reactive ketones (excluding diaryl/α,β-unsaturated/α-hetero) is 1. The molecule has 1 nitrogen and oxygen atoms in total. The summed E-state index contributed by atoms with van der Waals surface area (Å²) >= 11 is 5.10. The molecule has 0 N–H and O–H groups in total. The lowest BCUT2D eigenvalue weighted by molar-refractivity contribution is -0.124. The normalized spacial score (nSPS) is 14.7. The zero-order chi connectivity index (χ0) is 27.1. The van der Waals surface area contributed by atoms with Gasteiger partial charge in [0.15, 0.2) is 0 Å². The molecule has 0 bridgehead atoms. The van der Waals surface area contributed by atoms with Crippen molar-refractivity contribution < 1.29 is 4.79 Å². The summed E-state index contributed by atoms with van der Waals surface area (Å²) in [5.74, 6) is 5.44. The van der Waals surface area contributed by atoms with Crippen LogP contribution in [0.15, 0.2) is 0 Å². The number of rotatable bonds is 8. The highest BCUT2D eigenvalue weighted by atomic mass is 32.1. The first-order valence-electron chi connectivity index (χ1n) is 13.9. The van der Waals surface area contributed by atoms with Gasteiger partial charge in [-0.15, -0.1) is 0 Å². The van der Waals surface area contributed by atoms with Crippen LogP contribution in [0.25, 0.3) is 0 Å². The van der Waals surface area contributed by atoms with E-state index in [1.165, 1.54) is 30.5 Å². The Morgan fingerprint density at radius 2 is 0.909 bits per heavy atom. The molecule has 0 aromatic heterocycles. The van der Waals surface area contributed by atoms with Gasteiger partial charge in [0.2, 0.25) is 0 Å². The van der Waals surface area contributed by atoms with Gasteiger partial charge in [-0.3, -0.25) is 4.79 Å². The van der Waals surface area contributed by atoms with Gasteiger partial charge in [0, 0.05) is 11.8 Å². The van der Waals surface area contributed by atoms with Gasteiger partial charge in [-0.2, -0.15) is 0 Å². The summed E-state index contributed by atoms with van der Waals surface area (Å²) < 4.78 is 0. The van der Waals surface area contributed by atoms with Crippen molar-refractivity contribution in [3.63, 3.8) is 0 Å². The summed E-state index contributed by atoms with van der Waals surface area (Å²) in [7, 11) is 0. The smallest absolute Gasteiger partial charge is 0.137 e. The molecule has 0 amide bonds. The zero-order valence-electron chi connectivity index (χ0n) is 25.8. The highest BCUT2D eigenvalue weighted by Gasteiger charge is 2.41. The van der Waals surface area contributed by atoms with Crippen LogP contribution in [-0.2, 0) is 4.79 Å². The van der Waals surface area contributed by atoms with Crippen molar-refractivity contribution in [3.05, 3.63) is 0 Å². The highest BCUT2D eigenvalue weighted by molar-refractivity contribution is 7.80. The molecule has 1 aliphatic rings. The van der Waals surface area contributed by atoms with Gasteiger partial charge in [0.05, 0.1) is 0 Å². The third kappa shape index (κ3) is 17.8. The minimum Gasteiger partial charge on any atom is -0.299 e. The maximum Gasteiger partial charge on any atom is 0.137 e. The van der Waals surface area contributed by atoms with Gasteiger partial charge in [-0.05, 0) is 65.0 Å². The van der Waals surface area contributed by atoms with Crippen LogP contribution in [0, 0.1) is 52.8 Å². The van der Waals surface area contributed by atoms with E-state index in [4.69, 9.17) is 12.2 Å². The summed E-state index contributed by atoms with van der Waals surface area (Å²) in [6.45, 7) is 34.8. The summed E-state index contributed by atoms with van der Waals surface area (Å²) in [6.07, 6.45) is 5.78. The molecule has 1 fully saturated rings. The third-order valence-electron chi connectivity index (χ3n) is 6.80. The van der Waals surface area contributed by atoms with Crippen molar-refractivity contribution in [2.45, 2.75) is 136 Å². The number of hydrogen-bond donors (Lipinski definition) is 0. The second kappa shape index (κ2) is 19.0. The van der Waals surface area contributed by atoms with E-state index >= 15 is 0 Å². The maximum absolute atomic E-state index is 10.8. The number of carbonyl (C=O) groups excluding carboxylic acids is 1. The van der Waals surface area contributed by atoms with Crippen molar-refractivity contribution in [1.29, 1.82) is 0 Å². The fraction of sp³-hybridized carbons (Fsp3) is 0.935. The van der Waals surface area contributed by atoms with E-state index in [0.717, 1.165) is 29.1 Å². The van der Waals surface area contributed by atoms with Gasteiger partial charge < -0.3 is 0 Å². The third-order valence-corrected chi connectivity index (χ3v) is 7.75. The SMILES string of the molecule is CC(C)C(=O)C(C)C.CC(C)C(=S)C(C)C.CC(C)C1(C(C)C)CCC1.CC(C)CC(C)C. The summed E-state index contributed by atoms with van der Waals surface area (Å²) in [5.41, 5.74) is 0.722. The van der Waals surface area contributed by atoms with Crippen LogP contribution in [0.3, 0.4) is 0 Å². The van der Waals surface area contributed by atoms with Crippen LogP contribution in [0.5, 0.6) is 0 Å². The van der Waals surface area contributed by atoms with E-state index in [1.54, 1.807) is 0 Å². The van der Waals surface area contributed by atoms with Crippen LogP contribution in [0.4, 0.5) is 0 Å². The molecule has 2 heteroatoms. The average Bonchev–Trinajstić information content (AvgIpc) is 2.58. The topological polar surface area (TPSA) is 17.1 Å². The second-order valence-corrected chi connectivity index (χ2v) is 13.3. The molecule has 0 atom stereocenters. The Hall–Kier alpha value is -0.240. The number of hydrogen-bond acceptors (Lipinski definition) is 2. The number of ketones is 1. The predicted molar refractivity (Wildman–Crippen MR) is 157 cm³/mol. The zero-order valence-corrected chi connectivity index (χ0v) is 26.6. The Balaban J connectivity index is -0.000000368. The van der Waals surface area contributed by atoms with Crippen molar-refractivity contribution in [2.75, 3.05) is 0 Å². The van der Waals surface area contributed by atoms with E-state index in [2.05, 4.69) is 83.1 Å². The van der Waals surface area contributed by atoms with Gasteiger partial charge >= 0.3 is 0 Å². The molecule has 1 rings (SSSR count). The van der Waals surface area contributed by atoms with Crippen LogP contribution in [0.2, 0.25) is 0 Å². The molecule has 0 aliphatic heterocycles. The minimum atomic E-state index is 0.204. The standard InChI is InChI=1S/C10H20.C7H14O.C7H14S.C7H16/c1-8(2)10(9(3)4)6-5-7-10;2*1-5(2)7(8)6(3)4;1-6(2)5-7(3)4/h8-9H,5-7H2,1-4H3;2*5-6H,1-4H3;6-7H,5H2,1-4H3. The minimum absolute atomic E-state index is 0.204. The first-order valence-corrected chi connectivity index (χ1v) is 14.3. The van der Waals surface area contributed by atoms with E-state index in [9.17, 15) is 4.79 Å². The van der Waals surface area contributed by atoms with E-state index in [1.807, 2.05) is 27.7 Å². The Bertz CT molecular complexity index is 431. The molecule has 0 spiro atoms. The first-order chi connectivity index (χ1) is 14.8. The summed E-state index contributed by atoms with van der Waals surface area (Å²) in [6, 6.07) is 0. The van der Waals surface area contributed by atoms with E-state index in [-0.39, 0.29) is 11.8 Å². The molecule has 0 radical (unpaired) electrons. The number of thiocarbonyl (C=S) groups is 1. The van der Waals surface area contributed by atoms with Crippen LogP contribution in [0.1, 0.15) is 136 Å². The van der Waals surface area contributed by atoms with Crippen molar-refractivity contribution in [1.82, 2.24) is 0 Å². The molecule has 0 aromatic carbocycles. The number of carbonyl (C=O) groups is 1. The second-order valence-electron chi connectivity index (χ2n) is 12.8. The molecule has 33 heavy (non-hydrogen) atoms. The molecule has 0 unspecified atom stereocenters. The monoisotopic (exact) mass is 484 g/mol. The molecule has 200 valence electrons. The van der Waals surface area contributed by atoms with E-state index < -0.39 is 0 Å². The lowest BCUT2D eigenvalue weighted by atomic mass is 9.56. The van der Waals surface area contributed by atoms with Crippen LogP contribution in [-0.4, -0.2) is 10.6 Å². The van der Waals surface area contributed by atoms with E-state index in [0.29, 0.717) is 17.6 Å². The largest absolute Gasteiger partial charge is 0.299 e. The molecule has 0 aromatic rings. The van der Waals surface area contributed by atoms with Crippen molar-refractivity contribution >= 4 is 22.9 Å². The van der Waals surface area contributed by atoms with Crippen molar-refractivity contribution in [3.8, 4) is 0 Å². The molecule has 1 saturated carbocycles.